The lowest BCUT2D eigenvalue weighted by Gasteiger charge is -2.10. The topological polar surface area (TPSA) is 17.1 Å². The van der Waals surface area contributed by atoms with Gasteiger partial charge in [0.2, 0.25) is 0 Å². The summed E-state index contributed by atoms with van der Waals surface area (Å²) in [6.45, 7) is 4.48. The van der Waals surface area contributed by atoms with Crippen LogP contribution in [0.2, 0.25) is 0 Å². The van der Waals surface area contributed by atoms with E-state index >= 15 is 0 Å². The molecule has 1 fully saturated rings. The summed E-state index contributed by atoms with van der Waals surface area (Å²) in [4.78, 5) is 10.4. The SMILES string of the molecule is CCC1CC(C=O)CC1C. The highest BCUT2D eigenvalue weighted by atomic mass is 16.1. The van der Waals surface area contributed by atoms with Gasteiger partial charge in [-0.15, -0.1) is 0 Å². The number of carbonyl (C=O) groups is 1. The van der Waals surface area contributed by atoms with Gasteiger partial charge in [0.05, 0.1) is 0 Å². The molecule has 58 valence electrons. The Morgan fingerprint density at radius 2 is 2.20 bits per heavy atom. The van der Waals surface area contributed by atoms with E-state index in [4.69, 9.17) is 0 Å². The first-order valence-corrected chi connectivity index (χ1v) is 4.23. The molecular formula is C9H16O. The number of hydrogen-bond donors (Lipinski definition) is 0. The molecule has 0 bridgehead atoms. The van der Waals surface area contributed by atoms with Crippen LogP contribution < -0.4 is 0 Å². The van der Waals surface area contributed by atoms with Crippen LogP contribution in [0.15, 0.2) is 0 Å². The van der Waals surface area contributed by atoms with Gasteiger partial charge < -0.3 is 4.79 Å². The van der Waals surface area contributed by atoms with E-state index in [2.05, 4.69) is 13.8 Å². The van der Waals surface area contributed by atoms with Gasteiger partial charge in [0.25, 0.3) is 0 Å². The van der Waals surface area contributed by atoms with E-state index in [9.17, 15) is 4.79 Å². The van der Waals surface area contributed by atoms with Gasteiger partial charge in [0.1, 0.15) is 6.29 Å². The van der Waals surface area contributed by atoms with Crippen LogP contribution in [0, 0.1) is 17.8 Å². The zero-order valence-corrected chi connectivity index (χ0v) is 6.84. The second kappa shape index (κ2) is 3.18. The molecule has 0 aliphatic heterocycles. The molecule has 1 rings (SSSR count). The van der Waals surface area contributed by atoms with Crippen LogP contribution in [0.25, 0.3) is 0 Å². The van der Waals surface area contributed by atoms with Gasteiger partial charge in [0.15, 0.2) is 0 Å². The fourth-order valence-corrected chi connectivity index (χ4v) is 2.07. The van der Waals surface area contributed by atoms with Crippen LogP contribution in [-0.2, 0) is 4.79 Å². The molecule has 0 aromatic rings. The molecule has 10 heavy (non-hydrogen) atoms. The third-order valence-electron chi connectivity index (χ3n) is 2.80. The maximum Gasteiger partial charge on any atom is 0.123 e. The molecule has 1 saturated carbocycles. The molecule has 0 spiro atoms. The highest BCUT2D eigenvalue weighted by Gasteiger charge is 2.29. The van der Waals surface area contributed by atoms with E-state index < -0.39 is 0 Å². The summed E-state index contributed by atoms with van der Waals surface area (Å²) in [5.74, 6) is 1.97. The van der Waals surface area contributed by atoms with Crippen LogP contribution >= 0.6 is 0 Å². The maximum atomic E-state index is 10.4. The summed E-state index contributed by atoms with van der Waals surface area (Å²) in [5, 5.41) is 0. The number of carbonyl (C=O) groups excluding carboxylic acids is 1. The molecule has 3 unspecified atom stereocenters. The second-order valence-electron chi connectivity index (χ2n) is 3.51. The van der Waals surface area contributed by atoms with Crippen LogP contribution in [0.3, 0.4) is 0 Å². The van der Waals surface area contributed by atoms with Gasteiger partial charge in [0, 0.05) is 5.92 Å². The fourth-order valence-electron chi connectivity index (χ4n) is 2.07. The molecule has 1 aliphatic rings. The molecule has 0 saturated heterocycles. The highest BCUT2D eigenvalue weighted by molar-refractivity contribution is 5.54. The van der Waals surface area contributed by atoms with Gasteiger partial charge in [-0.2, -0.15) is 0 Å². The average Bonchev–Trinajstić information content (AvgIpc) is 2.30. The smallest absolute Gasteiger partial charge is 0.123 e. The van der Waals surface area contributed by atoms with Crippen LogP contribution in [0.5, 0.6) is 0 Å². The minimum Gasteiger partial charge on any atom is -0.303 e. The zero-order chi connectivity index (χ0) is 7.56. The molecule has 0 radical (unpaired) electrons. The van der Waals surface area contributed by atoms with Gasteiger partial charge in [-0.1, -0.05) is 20.3 Å². The van der Waals surface area contributed by atoms with Crippen molar-refractivity contribution in [3.05, 3.63) is 0 Å². The monoisotopic (exact) mass is 140 g/mol. The predicted molar refractivity (Wildman–Crippen MR) is 41.7 cm³/mol. The van der Waals surface area contributed by atoms with Crippen molar-refractivity contribution in [3.8, 4) is 0 Å². The summed E-state index contributed by atoms with van der Waals surface area (Å²) in [7, 11) is 0. The standard InChI is InChI=1S/C9H16O/c1-3-9-5-8(6-10)4-7(9)2/h6-9H,3-5H2,1-2H3. The number of rotatable bonds is 2. The molecule has 0 aromatic carbocycles. The quantitative estimate of drug-likeness (QED) is 0.538. The molecule has 1 aliphatic carbocycles. The lowest BCUT2D eigenvalue weighted by atomic mass is 9.96. The third-order valence-corrected chi connectivity index (χ3v) is 2.80. The van der Waals surface area contributed by atoms with Crippen LogP contribution in [0.4, 0.5) is 0 Å². The minimum atomic E-state index is 0.375. The Labute approximate surface area is 62.8 Å². The Morgan fingerprint density at radius 3 is 2.50 bits per heavy atom. The summed E-state index contributed by atoms with van der Waals surface area (Å²) in [6.07, 6.45) is 4.64. The molecule has 0 N–H and O–H groups in total. The molecule has 1 heteroatoms. The first kappa shape index (κ1) is 7.77. The van der Waals surface area contributed by atoms with E-state index in [-0.39, 0.29) is 0 Å². The van der Waals surface area contributed by atoms with E-state index in [0.29, 0.717) is 5.92 Å². The molecule has 3 atom stereocenters. The van der Waals surface area contributed by atoms with E-state index in [1.807, 2.05) is 0 Å². The van der Waals surface area contributed by atoms with Crippen molar-refractivity contribution in [2.75, 3.05) is 0 Å². The number of aldehydes is 1. The van der Waals surface area contributed by atoms with Crippen molar-refractivity contribution in [3.63, 3.8) is 0 Å². The molecular weight excluding hydrogens is 124 g/mol. The van der Waals surface area contributed by atoms with Gasteiger partial charge in [-0.25, -0.2) is 0 Å². The first-order valence-electron chi connectivity index (χ1n) is 4.23. The van der Waals surface area contributed by atoms with Crippen molar-refractivity contribution in [2.24, 2.45) is 17.8 Å². The number of hydrogen-bond acceptors (Lipinski definition) is 1. The Kier molecular flexibility index (Phi) is 2.47. The Hall–Kier alpha value is -0.330. The van der Waals surface area contributed by atoms with Crippen molar-refractivity contribution >= 4 is 6.29 Å². The van der Waals surface area contributed by atoms with Crippen molar-refractivity contribution in [1.82, 2.24) is 0 Å². The summed E-state index contributed by atoms with van der Waals surface area (Å²) >= 11 is 0. The van der Waals surface area contributed by atoms with Gasteiger partial charge in [-0.05, 0) is 24.7 Å². The summed E-state index contributed by atoms with van der Waals surface area (Å²) in [6, 6.07) is 0. The lowest BCUT2D eigenvalue weighted by Crippen LogP contribution is -2.00. The highest BCUT2D eigenvalue weighted by Crippen LogP contribution is 2.36. The Bertz CT molecular complexity index is 120. The second-order valence-corrected chi connectivity index (χ2v) is 3.51. The molecule has 0 aromatic heterocycles. The van der Waals surface area contributed by atoms with E-state index in [1.165, 1.54) is 6.42 Å². The van der Waals surface area contributed by atoms with E-state index in [1.54, 1.807) is 0 Å². The first-order chi connectivity index (χ1) is 4.77. The van der Waals surface area contributed by atoms with Crippen molar-refractivity contribution in [2.45, 2.75) is 33.1 Å². The lowest BCUT2D eigenvalue weighted by molar-refractivity contribution is -0.111. The van der Waals surface area contributed by atoms with Gasteiger partial charge >= 0.3 is 0 Å². The minimum absolute atomic E-state index is 0.375. The predicted octanol–water partition coefficient (Wildman–Crippen LogP) is 2.26. The van der Waals surface area contributed by atoms with Crippen LogP contribution in [0.1, 0.15) is 33.1 Å². The van der Waals surface area contributed by atoms with Crippen molar-refractivity contribution in [1.29, 1.82) is 0 Å². The molecule has 0 amide bonds. The van der Waals surface area contributed by atoms with Crippen LogP contribution in [-0.4, -0.2) is 6.29 Å². The summed E-state index contributed by atoms with van der Waals surface area (Å²) in [5.41, 5.74) is 0. The average molecular weight is 140 g/mol. The zero-order valence-electron chi connectivity index (χ0n) is 6.84. The Balaban J connectivity index is 2.43. The van der Waals surface area contributed by atoms with Crippen molar-refractivity contribution < 1.29 is 4.79 Å². The molecule has 1 nitrogen and oxygen atoms in total. The Morgan fingerprint density at radius 1 is 1.50 bits per heavy atom. The van der Waals surface area contributed by atoms with Gasteiger partial charge in [-0.3, -0.25) is 0 Å². The largest absolute Gasteiger partial charge is 0.303 e. The maximum absolute atomic E-state index is 10.4. The normalized spacial score (nSPS) is 40.0. The summed E-state index contributed by atoms with van der Waals surface area (Å²) < 4.78 is 0. The van der Waals surface area contributed by atoms with E-state index in [0.717, 1.165) is 31.0 Å². The molecule has 0 heterocycles. The fraction of sp³-hybridized carbons (Fsp3) is 0.889. The third kappa shape index (κ3) is 1.39.